The molecule has 17 heavy (non-hydrogen) atoms. The van der Waals surface area contributed by atoms with Crippen molar-refractivity contribution in [3.8, 4) is 0 Å². The Morgan fingerprint density at radius 3 is 2.76 bits per heavy atom. The normalized spacial score (nSPS) is 25.8. The second-order valence-electron chi connectivity index (χ2n) is 4.92. The highest BCUT2D eigenvalue weighted by atomic mass is 35.5. The molecular formula is C13H17ClN2O. The summed E-state index contributed by atoms with van der Waals surface area (Å²) in [6.45, 7) is 0.943. The van der Waals surface area contributed by atoms with Crippen molar-refractivity contribution in [3.63, 3.8) is 0 Å². The summed E-state index contributed by atoms with van der Waals surface area (Å²) in [6.07, 6.45) is 3.68. The standard InChI is InChI=1S/C13H16N2O.ClH/c14-11-3-1-2-10(7-11)13(16)15-8-9-4-5-12(15)6-9;/h1-3,7,9,12H,4-6,8,14H2;1H. The molecule has 0 radical (unpaired) electrons. The fourth-order valence-corrected chi connectivity index (χ4v) is 3.01. The molecule has 92 valence electrons. The summed E-state index contributed by atoms with van der Waals surface area (Å²) in [7, 11) is 0. The van der Waals surface area contributed by atoms with Crippen molar-refractivity contribution in [1.29, 1.82) is 0 Å². The first kappa shape index (κ1) is 12.2. The summed E-state index contributed by atoms with van der Waals surface area (Å²) in [5.41, 5.74) is 7.09. The zero-order chi connectivity index (χ0) is 11.1. The van der Waals surface area contributed by atoms with Crippen molar-refractivity contribution >= 4 is 24.0 Å². The lowest BCUT2D eigenvalue weighted by atomic mass is 10.1. The molecule has 4 heteroatoms. The number of nitrogens with two attached hydrogens (primary N) is 1. The number of fused-ring (bicyclic) bond motifs is 2. The predicted octanol–water partition coefficient (Wildman–Crippen LogP) is 2.32. The number of carbonyl (C=O) groups is 1. The zero-order valence-corrected chi connectivity index (χ0v) is 10.5. The van der Waals surface area contributed by atoms with Crippen LogP contribution in [0.3, 0.4) is 0 Å². The van der Waals surface area contributed by atoms with Gasteiger partial charge in [0.1, 0.15) is 0 Å². The number of amides is 1. The molecule has 1 aromatic rings. The van der Waals surface area contributed by atoms with Crippen LogP contribution >= 0.6 is 12.4 Å². The minimum absolute atomic E-state index is 0. The van der Waals surface area contributed by atoms with E-state index in [4.69, 9.17) is 5.73 Å². The van der Waals surface area contributed by atoms with Crippen molar-refractivity contribution in [2.45, 2.75) is 25.3 Å². The maximum absolute atomic E-state index is 12.3. The maximum atomic E-state index is 12.3. The molecule has 2 bridgehead atoms. The van der Waals surface area contributed by atoms with Gasteiger partial charge < -0.3 is 10.6 Å². The van der Waals surface area contributed by atoms with Crippen molar-refractivity contribution in [1.82, 2.24) is 4.90 Å². The van der Waals surface area contributed by atoms with Crippen LogP contribution in [0.4, 0.5) is 5.69 Å². The van der Waals surface area contributed by atoms with Gasteiger partial charge in [0, 0.05) is 23.8 Å². The summed E-state index contributed by atoms with van der Waals surface area (Å²) >= 11 is 0. The average molecular weight is 253 g/mol. The first-order valence-corrected chi connectivity index (χ1v) is 5.90. The molecule has 0 spiro atoms. The van der Waals surface area contributed by atoms with Gasteiger partial charge in [-0.05, 0) is 43.4 Å². The fourth-order valence-electron chi connectivity index (χ4n) is 3.01. The third-order valence-corrected chi connectivity index (χ3v) is 3.80. The maximum Gasteiger partial charge on any atom is 0.254 e. The van der Waals surface area contributed by atoms with Gasteiger partial charge in [-0.25, -0.2) is 0 Å². The molecule has 1 aliphatic carbocycles. The number of hydrogen-bond acceptors (Lipinski definition) is 2. The average Bonchev–Trinajstić information content (AvgIpc) is 2.89. The van der Waals surface area contributed by atoms with E-state index in [1.807, 2.05) is 23.1 Å². The summed E-state index contributed by atoms with van der Waals surface area (Å²) in [6, 6.07) is 7.77. The molecule has 2 atom stereocenters. The van der Waals surface area contributed by atoms with E-state index in [0.717, 1.165) is 18.0 Å². The highest BCUT2D eigenvalue weighted by Gasteiger charge is 2.40. The molecule has 0 aromatic heterocycles. The van der Waals surface area contributed by atoms with Crippen LogP contribution in [0.15, 0.2) is 24.3 Å². The molecule has 2 N–H and O–H groups in total. The Hall–Kier alpha value is -1.22. The molecule has 1 heterocycles. The topological polar surface area (TPSA) is 46.3 Å². The Kier molecular flexibility index (Phi) is 3.29. The van der Waals surface area contributed by atoms with Crippen LogP contribution in [0.1, 0.15) is 29.6 Å². The first-order chi connectivity index (χ1) is 7.74. The minimum atomic E-state index is 0. The number of nitrogens with zero attached hydrogens (tertiary/aromatic N) is 1. The van der Waals surface area contributed by atoms with Gasteiger partial charge in [-0.1, -0.05) is 6.07 Å². The summed E-state index contributed by atoms with van der Waals surface area (Å²) < 4.78 is 0. The molecule has 2 fully saturated rings. The summed E-state index contributed by atoms with van der Waals surface area (Å²) in [5, 5.41) is 0. The van der Waals surface area contributed by atoms with E-state index in [1.165, 1.54) is 19.3 Å². The monoisotopic (exact) mass is 252 g/mol. The Bertz CT molecular complexity index is 435. The first-order valence-electron chi connectivity index (χ1n) is 5.90. The smallest absolute Gasteiger partial charge is 0.254 e. The van der Waals surface area contributed by atoms with E-state index in [1.54, 1.807) is 6.07 Å². The largest absolute Gasteiger partial charge is 0.399 e. The van der Waals surface area contributed by atoms with Crippen LogP contribution in [0.25, 0.3) is 0 Å². The van der Waals surface area contributed by atoms with Crippen molar-refractivity contribution in [2.75, 3.05) is 12.3 Å². The molecule has 3 rings (SSSR count). The second kappa shape index (κ2) is 4.57. The molecule has 1 saturated carbocycles. The van der Waals surface area contributed by atoms with Gasteiger partial charge in [-0.15, -0.1) is 12.4 Å². The van der Waals surface area contributed by atoms with Crippen LogP contribution in [0.5, 0.6) is 0 Å². The SMILES string of the molecule is Cl.Nc1cccc(C(=O)N2CC3CCC2C3)c1. The van der Waals surface area contributed by atoms with Gasteiger partial charge in [-0.2, -0.15) is 0 Å². The fraction of sp³-hybridized carbons (Fsp3) is 0.462. The number of hydrogen-bond donors (Lipinski definition) is 1. The lowest BCUT2D eigenvalue weighted by molar-refractivity contribution is 0.0703. The van der Waals surface area contributed by atoms with Crippen LogP contribution in [-0.4, -0.2) is 23.4 Å². The van der Waals surface area contributed by atoms with Crippen molar-refractivity contribution in [3.05, 3.63) is 29.8 Å². The minimum Gasteiger partial charge on any atom is -0.399 e. The van der Waals surface area contributed by atoms with Crippen LogP contribution in [0, 0.1) is 5.92 Å². The number of likely N-dealkylation sites (tertiary alicyclic amines) is 1. The van der Waals surface area contributed by atoms with Crippen molar-refractivity contribution < 1.29 is 4.79 Å². The Labute approximate surface area is 107 Å². The third-order valence-electron chi connectivity index (χ3n) is 3.80. The molecule has 3 nitrogen and oxygen atoms in total. The Morgan fingerprint density at radius 2 is 2.18 bits per heavy atom. The second-order valence-corrected chi connectivity index (χ2v) is 4.92. The molecule has 2 unspecified atom stereocenters. The molecule has 1 aromatic carbocycles. The number of halogens is 1. The van der Waals surface area contributed by atoms with E-state index >= 15 is 0 Å². The summed E-state index contributed by atoms with van der Waals surface area (Å²) in [4.78, 5) is 14.3. The van der Waals surface area contributed by atoms with E-state index in [0.29, 0.717) is 11.7 Å². The van der Waals surface area contributed by atoms with Gasteiger partial charge in [0.2, 0.25) is 0 Å². The van der Waals surface area contributed by atoms with Gasteiger partial charge in [0.15, 0.2) is 0 Å². The van der Waals surface area contributed by atoms with Gasteiger partial charge in [0.05, 0.1) is 0 Å². The molecular weight excluding hydrogens is 236 g/mol. The zero-order valence-electron chi connectivity index (χ0n) is 9.63. The Morgan fingerprint density at radius 1 is 1.35 bits per heavy atom. The lowest BCUT2D eigenvalue weighted by Crippen LogP contribution is -2.37. The quantitative estimate of drug-likeness (QED) is 0.780. The number of rotatable bonds is 1. The van der Waals surface area contributed by atoms with Gasteiger partial charge >= 0.3 is 0 Å². The number of anilines is 1. The Balaban J connectivity index is 0.00000108. The molecule has 1 aliphatic heterocycles. The lowest BCUT2D eigenvalue weighted by Gasteiger charge is -2.27. The highest BCUT2D eigenvalue weighted by Crippen LogP contribution is 2.38. The third kappa shape index (κ3) is 2.12. The van der Waals surface area contributed by atoms with E-state index < -0.39 is 0 Å². The van der Waals surface area contributed by atoms with E-state index in [-0.39, 0.29) is 18.3 Å². The van der Waals surface area contributed by atoms with E-state index in [9.17, 15) is 4.79 Å². The molecule has 2 aliphatic rings. The molecule has 1 amide bonds. The van der Waals surface area contributed by atoms with Crippen LogP contribution < -0.4 is 5.73 Å². The molecule has 1 saturated heterocycles. The van der Waals surface area contributed by atoms with Crippen LogP contribution in [-0.2, 0) is 0 Å². The number of benzene rings is 1. The van der Waals surface area contributed by atoms with Crippen LogP contribution in [0.2, 0.25) is 0 Å². The van der Waals surface area contributed by atoms with Crippen molar-refractivity contribution in [2.24, 2.45) is 5.92 Å². The van der Waals surface area contributed by atoms with E-state index in [2.05, 4.69) is 0 Å². The number of nitrogen functional groups attached to an aromatic ring is 1. The number of piperidine rings is 1. The predicted molar refractivity (Wildman–Crippen MR) is 70.3 cm³/mol. The highest BCUT2D eigenvalue weighted by molar-refractivity contribution is 5.95. The van der Waals surface area contributed by atoms with Gasteiger partial charge in [-0.3, -0.25) is 4.79 Å². The number of carbonyl (C=O) groups excluding carboxylic acids is 1. The van der Waals surface area contributed by atoms with Gasteiger partial charge in [0.25, 0.3) is 5.91 Å². The summed E-state index contributed by atoms with van der Waals surface area (Å²) in [5.74, 6) is 0.898.